The van der Waals surface area contributed by atoms with Gasteiger partial charge in [-0.3, -0.25) is 20.0 Å². The molecule has 2 heterocycles. The number of aromatic nitrogens is 2. The summed E-state index contributed by atoms with van der Waals surface area (Å²) < 4.78 is 0. The number of hydrogen-bond acceptors (Lipinski definition) is 8. The highest BCUT2D eigenvalue weighted by Gasteiger charge is 2.10. The maximum absolute atomic E-state index is 10.0. The number of aryl methyl sites for hydroxylation is 2. The van der Waals surface area contributed by atoms with Gasteiger partial charge in [-0.25, -0.2) is 0 Å². The van der Waals surface area contributed by atoms with Crippen molar-refractivity contribution in [1.82, 2.24) is 9.97 Å². The predicted molar refractivity (Wildman–Crippen MR) is 103 cm³/mol. The molecule has 0 atom stereocenters. The van der Waals surface area contributed by atoms with Crippen LogP contribution in [-0.2, 0) is 13.2 Å². The number of aliphatic hydroxyl groups is 2. The van der Waals surface area contributed by atoms with Gasteiger partial charge in [-0.1, -0.05) is 0 Å². The maximum Gasteiger partial charge on any atom is 0.145 e. The molecule has 2 aromatic heterocycles. The molecule has 8 nitrogen and oxygen atoms in total. The molecule has 0 spiro atoms. The van der Waals surface area contributed by atoms with Crippen molar-refractivity contribution in [2.24, 2.45) is 9.98 Å². The van der Waals surface area contributed by atoms with E-state index < -0.39 is 0 Å². The Kier molecular flexibility index (Phi) is 7.39. The number of rotatable bonds is 8. The molecule has 0 aliphatic rings. The van der Waals surface area contributed by atoms with Gasteiger partial charge in [-0.15, -0.1) is 0 Å². The van der Waals surface area contributed by atoms with Crippen LogP contribution in [0.3, 0.4) is 0 Å². The third-order valence-electron chi connectivity index (χ3n) is 4.07. The number of aromatic hydroxyl groups is 2. The van der Waals surface area contributed by atoms with Crippen LogP contribution in [0.15, 0.2) is 22.4 Å². The molecule has 0 amide bonds. The Labute approximate surface area is 157 Å². The van der Waals surface area contributed by atoms with Crippen LogP contribution in [-0.4, -0.2) is 55.9 Å². The Hall–Kier alpha value is -2.84. The molecule has 0 aliphatic carbocycles. The standard InChI is InChI=1S/C19H24N4O4/c1-12-18(26)16(14(10-24)6-22-12)8-20-4-3-5-21-9-17-15(11-25)7-23-13(2)19(17)27/h6-9,24-27H,3-5,10-11H2,1-2H3. The summed E-state index contributed by atoms with van der Waals surface area (Å²) in [5, 5.41) is 38.7. The van der Waals surface area contributed by atoms with Crippen LogP contribution in [0, 0.1) is 13.8 Å². The molecule has 0 bridgehead atoms. The Morgan fingerprint density at radius 2 is 1.22 bits per heavy atom. The number of aliphatic imine (C=N–C) groups is 2. The van der Waals surface area contributed by atoms with Crippen molar-refractivity contribution in [2.75, 3.05) is 13.1 Å². The second-order valence-electron chi connectivity index (χ2n) is 6.00. The molecule has 8 heteroatoms. The lowest BCUT2D eigenvalue weighted by Crippen LogP contribution is -1.99. The third kappa shape index (κ3) is 5.08. The van der Waals surface area contributed by atoms with Crippen LogP contribution in [0.1, 0.15) is 40.1 Å². The van der Waals surface area contributed by atoms with Gasteiger partial charge in [0.1, 0.15) is 11.5 Å². The molecular weight excluding hydrogens is 348 g/mol. The number of hydrogen-bond donors (Lipinski definition) is 4. The van der Waals surface area contributed by atoms with Gasteiger partial charge in [0.2, 0.25) is 0 Å². The Morgan fingerprint density at radius 1 is 0.815 bits per heavy atom. The van der Waals surface area contributed by atoms with Crippen molar-refractivity contribution in [3.05, 3.63) is 46.0 Å². The largest absolute Gasteiger partial charge is 0.505 e. The fourth-order valence-corrected chi connectivity index (χ4v) is 2.41. The zero-order valence-electron chi connectivity index (χ0n) is 15.4. The van der Waals surface area contributed by atoms with Crippen molar-refractivity contribution < 1.29 is 20.4 Å². The van der Waals surface area contributed by atoms with Gasteiger partial charge < -0.3 is 20.4 Å². The van der Waals surface area contributed by atoms with Gasteiger partial charge in [0, 0.05) is 60.2 Å². The van der Waals surface area contributed by atoms with E-state index in [9.17, 15) is 20.4 Å². The summed E-state index contributed by atoms with van der Waals surface area (Å²) in [7, 11) is 0. The van der Waals surface area contributed by atoms with E-state index in [-0.39, 0.29) is 24.7 Å². The smallest absolute Gasteiger partial charge is 0.145 e. The first-order valence-electron chi connectivity index (χ1n) is 8.55. The van der Waals surface area contributed by atoms with Crippen LogP contribution in [0.2, 0.25) is 0 Å². The lowest BCUT2D eigenvalue weighted by atomic mass is 10.1. The summed E-state index contributed by atoms with van der Waals surface area (Å²) in [6.07, 6.45) is 6.75. The summed E-state index contributed by atoms with van der Waals surface area (Å²) in [6, 6.07) is 0. The summed E-state index contributed by atoms with van der Waals surface area (Å²) >= 11 is 0. The monoisotopic (exact) mass is 372 g/mol. The highest BCUT2D eigenvalue weighted by molar-refractivity contribution is 5.86. The Balaban J connectivity index is 1.94. The topological polar surface area (TPSA) is 131 Å². The zero-order valence-corrected chi connectivity index (χ0v) is 15.4. The first kappa shape index (κ1) is 20.5. The molecule has 0 fully saturated rings. The number of pyridine rings is 2. The minimum atomic E-state index is -0.228. The van der Waals surface area contributed by atoms with Gasteiger partial charge in [0.25, 0.3) is 0 Å². The second-order valence-corrected chi connectivity index (χ2v) is 6.00. The first-order valence-corrected chi connectivity index (χ1v) is 8.55. The molecule has 2 aromatic rings. The summed E-state index contributed by atoms with van der Waals surface area (Å²) in [4.78, 5) is 16.5. The van der Waals surface area contributed by atoms with Crippen LogP contribution < -0.4 is 0 Å². The minimum absolute atomic E-state index is 0.0170. The van der Waals surface area contributed by atoms with E-state index in [0.29, 0.717) is 53.2 Å². The Bertz CT molecular complexity index is 781. The van der Waals surface area contributed by atoms with Crippen molar-refractivity contribution in [3.8, 4) is 11.5 Å². The van der Waals surface area contributed by atoms with Crippen LogP contribution in [0.5, 0.6) is 11.5 Å². The number of nitrogens with zero attached hydrogens (tertiary/aromatic N) is 4. The van der Waals surface area contributed by atoms with Gasteiger partial charge in [0.05, 0.1) is 24.6 Å². The van der Waals surface area contributed by atoms with E-state index >= 15 is 0 Å². The second kappa shape index (κ2) is 9.75. The quantitative estimate of drug-likeness (QED) is 0.409. The van der Waals surface area contributed by atoms with Gasteiger partial charge in [-0.05, 0) is 20.3 Å². The minimum Gasteiger partial charge on any atom is -0.505 e. The molecule has 0 aromatic carbocycles. The van der Waals surface area contributed by atoms with E-state index in [4.69, 9.17) is 0 Å². The van der Waals surface area contributed by atoms with E-state index in [1.165, 1.54) is 24.8 Å². The normalized spacial score (nSPS) is 11.7. The average Bonchev–Trinajstić information content (AvgIpc) is 2.67. The lowest BCUT2D eigenvalue weighted by molar-refractivity contribution is 0.280. The van der Waals surface area contributed by atoms with E-state index in [1.807, 2.05) is 0 Å². The summed E-state index contributed by atoms with van der Waals surface area (Å²) in [5.74, 6) is 0.0340. The lowest BCUT2D eigenvalue weighted by Gasteiger charge is -2.07. The molecular formula is C19H24N4O4. The van der Waals surface area contributed by atoms with Crippen molar-refractivity contribution >= 4 is 12.4 Å². The summed E-state index contributed by atoms with van der Waals surface area (Å²) in [5.41, 5.74) is 2.92. The molecule has 27 heavy (non-hydrogen) atoms. The molecule has 4 N–H and O–H groups in total. The molecule has 2 rings (SSSR count). The highest BCUT2D eigenvalue weighted by Crippen LogP contribution is 2.22. The molecule has 0 saturated heterocycles. The van der Waals surface area contributed by atoms with Crippen molar-refractivity contribution in [3.63, 3.8) is 0 Å². The summed E-state index contributed by atoms with van der Waals surface area (Å²) in [6.45, 7) is 3.87. The van der Waals surface area contributed by atoms with Crippen LogP contribution in [0.25, 0.3) is 0 Å². The maximum atomic E-state index is 10.0. The zero-order chi connectivity index (χ0) is 19.8. The molecule has 144 valence electrons. The fourth-order valence-electron chi connectivity index (χ4n) is 2.41. The van der Waals surface area contributed by atoms with Crippen LogP contribution >= 0.6 is 0 Å². The SMILES string of the molecule is Cc1ncc(CO)c(C=NCCCN=Cc2c(CO)cnc(C)c2O)c1O. The Morgan fingerprint density at radius 3 is 1.59 bits per heavy atom. The predicted octanol–water partition coefficient (Wildman–Crippen LogP) is 1.42. The van der Waals surface area contributed by atoms with Gasteiger partial charge >= 0.3 is 0 Å². The van der Waals surface area contributed by atoms with Crippen molar-refractivity contribution in [1.29, 1.82) is 0 Å². The van der Waals surface area contributed by atoms with E-state index in [0.717, 1.165) is 0 Å². The highest BCUT2D eigenvalue weighted by atomic mass is 16.3. The van der Waals surface area contributed by atoms with E-state index in [1.54, 1.807) is 13.8 Å². The molecule has 0 aliphatic heterocycles. The third-order valence-corrected chi connectivity index (χ3v) is 4.07. The van der Waals surface area contributed by atoms with Gasteiger partial charge in [-0.2, -0.15) is 0 Å². The molecule has 0 unspecified atom stereocenters. The molecule has 0 radical (unpaired) electrons. The van der Waals surface area contributed by atoms with E-state index in [2.05, 4.69) is 20.0 Å². The average molecular weight is 372 g/mol. The van der Waals surface area contributed by atoms with Gasteiger partial charge in [0.15, 0.2) is 0 Å². The van der Waals surface area contributed by atoms with Crippen LogP contribution in [0.4, 0.5) is 0 Å². The molecule has 0 saturated carbocycles. The van der Waals surface area contributed by atoms with Crippen molar-refractivity contribution in [2.45, 2.75) is 33.5 Å². The first-order chi connectivity index (χ1) is 13.0. The number of aliphatic hydroxyl groups excluding tert-OH is 2. The fraction of sp³-hybridized carbons (Fsp3) is 0.368.